The van der Waals surface area contributed by atoms with Crippen molar-refractivity contribution >= 4 is 15.0 Å². The highest BCUT2D eigenvalue weighted by Crippen LogP contribution is 1.80. The Bertz CT molecular complexity index is 127. The standard InChI is InChI=1S/C3H4O2.CH6O4Si/c1-2-3(4)5;1-5-6(2,3)4/h2H,1H2,(H,4,5);2-4H,1H3. The fraction of sp³-hybridized carbons (Fsp3) is 0.250. The predicted molar refractivity (Wildman–Crippen MR) is 37.3 cm³/mol. The van der Waals surface area contributed by atoms with Gasteiger partial charge in [-0.05, 0) is 0 Å². The van der Waals surface area contributed by atoms with Gasteiger partial charge in [-0.2, -0.15) is 0 Å². The molecule has 0 bridgehead atoms. The molecule has 0 aliphatic carbocycles. The van der Waals surface area contributed by atoms with Crippen LogP contribution in [0.15, 0.2) is 12.7 Å². The summed E-state index contributed by atoms with van der Waals surface area (Å²) in [6.07, 6.45) is 0.833. The van der Waals surface area contributed by atoms with Gasteiger partial charge in [-0.15, -0.1) is 0 Å². The van der Waals surface area contributed by atoms with Crippen LogP contribution >= 0.6 is 0 Å². The molecule has 0 aromatic carbocycles. The summed E-state index contributed by atoms with van der Waals surface area (Å²) in [6, 6.07) is 0. The Morgan fingerprint density at radius 3 is 1.73 bits per heavy atom. The largest absolute Gasteiger partial charge is 0.671 e. The lowest BCUT2D eigenvalue weighted by molar-refractivity contribution is -0.131. The van der Waals surface area contributed by atoms with Gasteiger partial charge in [-0.1, -0.05) is 6.58 Å². The van der Waals surface area contributed by atoms with Crippen LogP contribution in [-0.4, -0.2) is 41.6 Å². The van der Waals surface area contributed by atoms with Crippen LogP contribution in [0.25, 0.3) is 0 Å². The van der Waals surface area contributed by atoms with Crippen molar-refractivity contribution in [2.75, 3.05) is 7.11 Å². The van der Waals surface area contributed by atoms with Gasteiger partial charge in [-0.25, -0.2) is 4.79 Å². The third-order valence-electron chi connectivity index (χ3n) is 0.448. The summed E-state index contributed by atoms with van der Waals surface area (Å²) in [4.78, 5) is 32.8. The number of aliphatic carboxylic acids is 1. The van der Waals surface area contributed by atoms with E-state index in [-0.39, 0.29) is 0 Å². The topological polar surface area (TPSA) is 107 Å². The normalized spacial score (nSPS) is 9.45. The van der Waals surface area contributed by atoms with Crippen molar-refractivity contribution in [3.8, 4) is 0 Å². The Labute approximate surface area is 64.5 Å². The van der Waals surface area contributed by atoms with Crippen molar-refractivity contribution in [3.63, 3.8) is 0 Å². The molecule has 0 saturated heterocycles. The maximum atomic E-state index is 9.25. The van der Waals surface area contributed by atoms with Crippen molar-refractivity contribution in [1.29, 1.82) is 0 Å². The van der Waals surface area contributed by atoms with E-state index in [1.807, 2.05) is 0 Å². The lowest BCUT2D eigenvalue weighted by Crippen LogP contribution is -2.37. The molecule has 6 nitrogen and oxygen atoms in total. The minimum absolute atomic E-state index is 0.833. The first-order chi connectivity index (χ1) is 4.83. The van der Waals surface area contributed by atoms with E-state index in [4.69, 9.17) is 19.5 Å². The first kappa shape index (κ1) is 12.9. The lowest BCUT2D eigenvalue weighted by Gasteiger charge is -2.01. The van der Waals surface area contributed by atoms with Gasteiger partial charge in [0.15, 0.2) is 0 Å². The van der Waals surface area contributed by atoms with Crippen LogP contribution in [-0.2, 0) is 9.22 Å². The highest BCUT2D eigenvalue weighted by atomic mass is 28.4. The Morgan fingerprint density at radius 2 is 1.73 bits per heavy atom. The molecule has 0 aromatic heterocycles. The molecule has 66 valence electrons. The van der Waals surface area contributed by atoms with Gasteiger partial charge >= 0.3 is 15.0 Å². The zero-order valence-corrected chi connectivity index (χ0v) is 6.89. The second-order valence-corrected chi connectivity index (χ2v) is 2.88. The molecule has 0 saturated carbocycles. The fourth-order valence-corrected chi connectivity index (χ4v) is 0. The predicted octanol–water partition coefficient (Wildman–Crippen LogP) is -1.70. The quantitative estimate of drug-likeness (QED) is 0.299. The molecular formula is C4H10O6Si. The second-order valence-electron chi connectivity index (χ2n) is 1.32. The number of carboxylic acid groups (broad SMARTS) is 1. The van der Waals surface area contributed by atoms with Crippen LogP contribution in [0.2, 0.25) is 0 Å². The van der Waals surface area contributed by atoms with Crippen molar-refractivity contribution in [2.45, 2.75) is 0 Å². The zero-order chi connectivity index (χ0) is 9.49. The maximum absolute atomic E-state index is 9.25. The number of hydrogen-bond acceptors (Lipinski definition) is 5. The molecular weight excluding hydrogens is 172 g/mol. The summed E-state index contributed by atoms with van der Waals surface area (Å²) in [5.74, 6) is -0.981. The first-order valence-corrected chi connectivity index (χ1v) is 4.16. The van der Waals surface area contributed by atoms with Gasteiger partial charge < -0.3 is 23.9 Å². The number of rotatable bonds is 2. The molecule has 11 heavy (non-hydrogen) atoms. The number of carboxylic acids is 1. The minimum atomic E-state index is -4.13. The van der Waals surface area contributed by atoms with Crippen molar-refractivity contribution in [3.05, 3.63) is 12.7 Å². The summed E-state index contributed by atoms with van der Waals surface area (Å²) < 4.78 is 3.74. The van der Waals surface area contributed by atoms with Gasteiger partial charge in [-0.3, -0.25) is 0 Å². The molecule has 0 heterocycles. The van der Waals surface area contributed by atoms with E-state index in [0.717, 1.165) is 13.2 Å². The fourth-order valence-electron chi connectivity index (χ4n) is 0. The Hall–Kier alpha value is -0.733. The van der Waals surface area contributed by atoms with Crippen LogP contribution in [0.1, 0.15) is 0 Å². The van der Waals surface area contributed by atoms with Gasteiger partial charge in [0.1, 0.15) is 0 Å². The van der Waals surface area contributed by atoms with Crippen LogP contribution in [0.3, 0.4) is 0 Å². The average Bonchev–Trinajstić information content (AvgIpc) is 1.88. The smallest absolute Gasteiger partial charge is 0.478 e. The molecule has 4 N–H and O–H groups in total. The van der Waals surface area contributed by atoms with Crippen LogP contribution in [0.5, 0.6) is 0 Å². The van der Waals surface area contributed by atoms with Crippen LogP contribution in [0.4, 0.5) is 0 Å². The van der Waals surface area contributed by atoms with E-state index < -0.39 is 15.0 Å². The van der Waals surface area contributed by atoms with Crippen molar-refractivity contribution in [2.24, 2.45) is 0 Å². The van der Waals surface area contributed by atoms with E-state index in [1.54, 1.807) is 0 Å². The molecule has 0 aromatic rings. The molecule has 0 aliphatic rings. The highest BCUT2D eigenvalue weighted by Gasteiger charge is 2.27. The molecule has 0 unspecified atom stereocenters. The summed E-state index contributed by atoms with van der Waals surface area (Å²) in [5, 5.41) is 7.60. The van der Waals surface area contributed by atoms with Crippen LogP contribution < -0.4 is 0 Å². The van der Waals surface area contributed by atoms with E-state index in [0.29, 0.717) is 0 Å². The van der Waals surface area contributed by atoms with Gasteiger partial charge in [0, 0.05) is 13.2 Å². The van der Waals surface area contributed by atoms with E-state index in [2.05, 4.69) is 11.0 Å². The molecule has 0 amide bonds. The van der Waals surface area contributed by atoms with Gasteiger partial charge in [0.25, 0.3) is 0 Å². The highest BCUT2D eigenvalue weighted by molar-refractivity contribution is 6.48. The Balaban J connectivity index is 0. The van der Waals surface area contributed by atoms with Crippen molar-refractivity contribution < 1.29 is 28.7 Å². The molecule has 0 radical (unpaired) electrons. The van der Waals surface area contributed by atoms with Crippen molar-refractivity contribution in [1.82, 2.24) is 0 Å². The monoisotopic (exact) mass is 182 g/mol. The summed E-state index contributed by atoms with van der Waals surface area (Å²) >= 11 is 0. The van der Waals surface area contributed by atoms with Gasteiger partial charge in [0.2, 0.25) is 0 Å². The summed E-state index contributed by atoms with van der Waals surface area (Å²) in [6.45, 7) is 2.96. The van der Waals surface area contributed by atoms with E-state index >= 15 is 0 Å². The van der Waals surface area contributed by atoms with Gasteiger partial charge in [0.05, 0.1) is 0 Å². The number of hydrogen-bond donors (Lipinski definition) is 4. The number of carbonyl (C=O) groups is 1. The molecule has 7 heteroatoms. The lowest BCUT2D eigenvalue weighted by atomic mass is 10.7. The summed E-state index contributed by atoms with van der Waals surface area (Å²) in [7, 11) is -3.11. The molecule has 0 fully saturated rings. The molecule has 0 aliphatic heterocycles. The Kier molecular flexibility index (Phi) is 7.05. The minimum Gasteiger partial charge on any atom is -0.478 e. The van der Waals surface area contributed by atoms with E-state index in [9.17, 15) is 4.79 Å². The third-order valence-corrected chi connectivity index (χ3v) is 0.996. The SMILES string of the molecule is C=CC(=O)O.CO[Si](O)(O)O. The van der Waals surface area contributed by atoms with Crippen LogP contribution in [0, 0.1) is 0 Å². The summed E-state index contributed by atoms with van der Waals surface area (Å²) in [5.41, 5.74) is 0. The third kappa shape index (κ3) is 26.9. The van der Waals surface area contributed by atoms with E-state index in [1.165, 1.54) is 0 Å². The first-order valence-electron chi connectivity index (χ1n) is 2.41. The molecule has 0 atom stereocenters. The molecule has 0 spiro atoms. The molecule has 0 rings (SSSR count). The average molecular weight is 182 g/mol. The maximum Gasteiger partial charge on any atom is 0.671 e. The Morgan fingerprint density at radius 1 is 1.55 bits per heavy atom. The zero-order valence-electron chi connectivity index (χ0n) is 5.89. The second kappa shape index (κ2) is 6.01.